The standard InChI is InChI=1S/C23H24N6O/c1-15-10-17(3)20(11-16(15)2)21-13-24-23(28(21)4)26-22(30)19-7-5-6-18(12-19)14-29-9-8-25-27-29/h5-13H,14H2,1-4H3,(H,24,26,30). The van der Waals surface area contributed by atoms with Gasteiger partial charge in [-0.05, 0) is 61.2 Å². The van der Waals surface area contributed by atoms with Gasteiger partial charge in [-0.2, -0.15) is 0 Å². The van der Waals surface area contributed by atoms with Crippen LogP contribution in [0.3, 0.4) is 0 Å². The first-order valence-electron chi connectivity index (χ1n) is 9.76. The molecule has 0 atom stereocenters. The molecule has 1 N–H and O–H groups in total. The molecular weight excluding hydrogens is 376 g/mol. The first-order chi connectivity index (χ1) is 14.4. The van der Waals surface area contributed by atoms with Crippen LogP contribution in [0.1, 0.15) is 32.6 Å². The Labute approximate surface area is 175 Å². The lowest BCUT2D eigenvalue weighted by molar-refractivity contribution is 0.102. The SMILES string of the molecule is Cc1cc(C)c(-c2cnc(NC(=O)c3cccc(Cn4ccnn4)c3)n2C)cc1C. The summed E-state index contributed by atoms with van der Waals surface area (Å²) in [5.41, 5.74) is 7.29. The van der Waals surface area contributed by atoms with Crippen LogP contribution >= 0.6 is 0 Å². The van der Waals surface area contributed by atoms with Crippen LogP contribution in [0.2, 0.25) is 0 Å². The van der Waals surface area contributed by atoms with Gasteiger partial charge in [0.25, 0.3) is 5.91 Å². The summed E-state index contributed by atoms with van der Waals surface area (Å²) in [4.78, 5) is 17.3. The Bertz CT molecular complexity index is 1210. The monoisotopic (exact) mass is 400 g/mol. The Balaban J connectivity index is 1.56. The average molecular weight is 400 g/mol. The summed E-state index contributed by atoms with van der Waals surface area (Å²) in [5.74, 6) is 0.307. The fourth-order valence-corrected chi connectivity index (χ4v) is 3.50. The first kappa shape index (κ1) is 19.6. The minimum atomic E-state index is -0.201. The van der Waals surface area contributed by atoms with E-state index < -0.39 is 0 Å². The van der Waals surface area contributed by atoms with E-state index in [1.54, 1.807) is 29.3 Å². The molecule has 7 heteroatoms. The molecule has 0 fully saturated rings. The van der Waals surface area contributed by atoms with E-state index in [2.05, 4.69) is 53.5 Å². The maximum Gasteiger partial charge on any atom is 0.257 e. The summed E-state index contributed by atoms with van der Waals surface area (Å²) >= 11 is 0. The van der Waals surface area contributed by atoms with Crippen LogP contribution in [0.5, 0.6) is 0 Å². The zero-order valence-corrected chi connectivity index (χ0v) is 17.5. The molecule has 0 saturated carbocycles. The lowest BCUT2D eigenvalue weighted by atomic mass is 9.99. The minimum absolute atomic E-state index is 0.201. The Hall–Kier alpha value is -3.74. The topological polar surface area (TPSA) is 77.6 Å². The summed E-state index contributed by atoms with van der Waals surface area (Å²) in [6.45, 7) is 6.86. The van der Waals surface area contributed by atoms with E-state index in [9.17, 15) is 4.79 Å². The number of aryl methyl sites for hydroxylation is 3. The van der Waals surface area contributed by atoms with Gasteiger partial charge in [0.15, 0.2) is 0 Å². The van der Waals surface area contributed by atoms with Crippen LogP contribution in [0.15, 0.2) is 55.0 Å². The maximum atomic E-state index is 12.8. The van der Waals surface area contributed by atoms with Gasteiger partial charge in [-0.15, -0.1) is 5.10 Å². The molecule has 0 radical (unpaired) electrons. The van der Waals surface area contributed by atoms with Crippen molar-refractivity contribution >= 4 is 11.9 Å². The average Bonchev–Trinajstić information content (AvgIpc) is 3.35. The highest BCUT2D eigenvalue weighted by atomic mass is 16.1. The number of rotatable bonds is 5. The number of amides is 1. The third-order valence-electron chi connectivity index (χ3n) is 5.34. The molecule has 4 rings (SSSR count). The van der Waals surface area contributed by atoms with E-state index >= 15 is 0 Å². The molecular formula is C23H24N6O. The quantitative estimate of drug-likeness (QED) is 0.551. The van der Waals surface area contributed by atoms with Crippen molar-refractivity contribution in [3.8, 4) is 11.3 Å². The second-order valence-corrected chi connectivity index (χ2v) is 7.53. The van der Waals surface area contributed by atoms with Crippen LogP contribution in [-0.2, 0) is 13.6 Å². The number of hydrogen-bond donors (Lipinski definition) is 1. The molecule has 0 aliphatic carbocycles. The van der Waals surface area contributed by atoms with Gasteiger partial charge in [-0.3, -0.25) is 10.1 Å². The van der Waals surface area contributed by atoms with Gasteiger partial charge < -0.3 is 4.57 Å². The van der Waals surface area contributed by atoms with Gasteiger partial charge in [0.1, 0.15) is 0 Å². The molecule has 2 heterocycles. The van der Waals surface area contributed by atoms with Crippen LogP contribution in [0.25, 0.3) is 11.3 Å². The van der Waals surface area contributed by atoms with Crippen LogP contribution in [0, 0.1) is 20.8 Å². The van der Waals surface area contributed by atoms with Crippen molar-refractivity contribution in [1.82, 2.24) is 24.5 Å². The summed E-state index contributed by atoms with van der Waals surface area (Å²) in [5, 5.41) is 10.7. The van der Waals surface area contributed by atoms with Crippen molar-refractivity contribution in [2.45, 2.75) is 27.3 Å². The van der Waals surface area contributed by atoms with Crippen molar-refractivity contribution in [2.24, 2.45) is 7.05 Å². The second-order valence-electron chi connectivity index (χ2n) is 7.53. The van der Waals surface area contributed by atoms with Crippen molar-refractivity contribution in [3.05, 3.63) is 82.8 Å². The number of carbonyl (C=O) groups excluding carboxylic acids is 1. The lowest BCUT2D eigenvalue weighted by Gasteiger charge is -2.12. The van der Waals surface area contributed by atoms with Crippen LogP contribution in [-0.4, -0.2) is 30.5 Å². The molecule has 2 aromatic heterocycles. The molecule has 0 unspecified atom stereocenters. The van der Waals surface area contributed by atoms with E-state index in [4.69, 9.17) is 0 Å². The highest BCUT2D eigenvalue weighted by molar-refractivity contribution is 6.03. The minimum Gasteiger partial charge on any atom is -0.313 e. The number of anilines is 1. The van der Waals surface area contributed by atoms with Gasteiger partial charge >= 0.3 is 0 Å². The highest BCUT2D eigenvalue weighted by Crippen LogP contribution is 2.28. The van der Waals surface area contributed by atoms with Crippen molar-refractivity contribution < 1.29 is 4.79 Å². The molecule has 0 saturated heterocycles. The van der Waals surface area contributed by atoms with Gasteiger partial charge in [0.2, 0.25) is 5.95 Å². The molecule has 0 aliphatic heterocycles. The molecule has 0 bridgehead atoms. The van der Waals surface area contributed by atoms with Crippen LogP contribution in [0.4, 0.5) is 5.95 Å². The van der Waals surface area contributed by atoms with Crippen molar-refractivity contribution in [1.29, 1.82) is 0 Å². The molecule has 1 amide bonds. The van der Waals surface area contributed by atoms with E-state index in [-0.39, 0.29) is 5.91 Å². The number of hydrogen-bond acceptors (Lipinski definition) is 4. The van der Waals surface area contributed by atoms with E-state index in [0.29, 0.717) is 18.1 Å². The van der Waals surface area contributed by atoms with E-state index in [0.717, 1.165) is 16.8 Å². The summed E-state index contributed by atoms with van der Waals surface area (Å²) in [7, 11) is 1.91. The van der Waals surface area contributed by atoms with Gasteiger partial charge in [-0.25, -0.2) is 9.67 Å². The number of nitrogens with one attached hydrogen (secondary N) is 1. The largest absolute Gasteiger partial charge is 0.313 e. The molecule has 30 heavy (non-hydrogen) atoms. The smallest absolute Gasteiger partial charge is 0.257 e. The molecule has 7 nitrogen and oxygen atoms in total. The number of carbonyl (C=O) groups is 1. The number of imidazole rings is 1. The zero-order valence-electron chi connectivity index (χ0n) is 17.5. The lowest BCUT2D eigenvalue weighted by Crippen LogP contribution is -2.15. The van der Waals surface area contributed by atoms with Gasteiger partial charge in [0, 0.05) is 24.4 Å². The molecule has 4 aromatic rings. The maximum absolute atomic E-state index is 12.8. The highest BCUT2D eigenvalue weighted by Gasteiger charge is 2.15. The van der Waals surface area contributed by atoms with Crippen molar-refractivity contribution in [3.63, 3.8) is 0 Å². The number of benzene rings is 2. The predicted octanol–water partition coefficient (Wildman–Crippen LogP) is 3.90. The third-order valence-corrected chi connectivity index (χ3v) is 5.34. The normalized spacial score (nSPS) is 10.9. The summed E-state index contributed by atoms with van der Waals surface area (Å²) in [6, 6.07) is 11.8. The summed E-state index contributed by atoms with van der Waals surface area (Å²) in [6.07, 6.45) is 5.22. The third kappa shape index (κ3) is 3.87. The molecule has 0 spiro atoms. The van der Waals surface area contributed by atoms with Gasteiger partial charge in [-0.1, -0.05) is 23.4 Å². The van der Waals surface area contributed by atoms with E-state index in [1.807, 2.05) is 29.8 Å². The Morgan fingerprint density at radius 2 is 1.87 bits per heavy atom. The first-order valence-corrected chi connectivity index (χ1v) is 9.76. The summed E-state index contributed by atoms with van der Waals surface area (Å²) < 4.78 is 3.63. The predicted molar refractivity (Wildman–Crippen MR) is 116 cm³/mol. The Kier molecular flexibility index (Phi) is 5.18. The van der Waals surface area contributed by atoms with Crippen LogP contribution < -0.4 is 5.32 Å². The Morgan fingerprint density at radius 1 is 1.07 bits per heavy atom. The fraction of sp³-hybridized carbons (Fsp3) is 0.217. The Morgan fingerprint density at radius 3 is 2.63 bits per heavy atom. The van der Waals surface area contributed by atoms with Crippen molar-refractivity contribution in [2.75, 3.05) is 5.32 Å². The molecule has 152 valence electrons. The zero-order chi connectivity index (χ0) is 21.3. The van der Waals surface area contributed by atoms with E-state index in [1.165, 1.54) is 16.7 Å². The number of nitrogens with zero attached hydrogens (tertiary/aromatic N) is 5. The number of aromatic nitrogens is 5. The fourth-order valence-electron chi connectivity index (χ4n) is 3.50. The molecule has 2 aromatic carbocycles. The molecule has 0 aliphatic rings. The second kappa shape index (κ2) is 7.94. The van der Waals surface area contributed by atoms with Gasteiger partial charge in [0.05, 0.1) is 24.6 Å².